The third-order valence-electron chi connectivity index (χ3n) is 4.15. The fraction of sp³-hybridized carbons (Fsp3) is 0.211. The smallest absolute Gasteiger partial charge is 0.313 e. The average molecular weight is 299 g/mol. The first kappa shape index (κ1) is 15.5. The summed E-state index contributed by atoms with van der Waals surface area (Å²) in [5, 5.41) is 9.14. The molecule has 0 saturated heterocycles. The highest BCUT2D eigenvalue weighted by Gasteiger charge is 2.28. The maximum Gasteiger partial charge on any atom is 0.313 e. The molecule has 0 fully saturated rings. The Morgan fingerprint density at radius 1 is 1.09 bits per heavy atom. The van der Waals surface area contributed by atoms with Gasteiger partial charge in [0.1, 0.15) is 0 Å². The van der Waals surface area contributed by atoms with Gasteiger partial charge in [-0.3, -0.25) is 0 Å². The molecule has 0 atom stereocenters. The zero-order valence-electron chi connectivity index (χ0n) is 14.0. The lowest BCUT2D eigenvalue weighted by Crippen LogP contribution is -2.54. The van der Waals surface area contributed by atoms with Gasteiger partial charge in [0, 0.05) is 11.8 Å². The molecule has 0 N–H and O–H groups in total. The molecule has 23 heavy (non-hydrogen) atoms. The Hall–Kier alpha value is -2.40. The zero-order valence-corrected chi connectivity index (χ0v) is 14.0. The Labute approximate surface area is 139 Å². The van der Waals surface area contributed by atoms with Gasteiger partial charge >= 0.3 is 6.85 Å². The molecule has 0 unspecified atom stereocenters. The molecule has 0 saturated carbocycles. The molecule has 0 aliphatic carbocycles. The highest BCUT2D eigenvalue weighted by molar-refractivity contribution is 6.85. The number of hydrogen-bond donors (Lipinski definition) is 0. The van der Waals surface area contributed by atoms with Gasteiger partial charge in [0.05, 0.1) is 11.6 Å². The number of hydrogen-bond acceptors (Lipinski definition) is 2. The van der Waals surface area contributed by atoms with Crippen molar-refractivity contribution in [3.8, 4) is 6.07 Å². The van der Waals surface area contributed by atoms with Crippen LogP contribution in [0.2, 0.25) is 20.5 Å². The first-order valence-corrected chi connectivity index (χ1v) is 8.30. The summed E-state index contributed by atoms with van der Waals surface area (Å²) in [6, 6.07) is 18.8. The Kier molecular flexibility index (Phi) is 4.05. The third-order valence-corrected chi connectivity index (χ3v) is 4.15. The third kappa shape index (κ3) is 3.35. The molecular weight excluding hydrogens is 278 g/mol. The van der Waals surface area contributed by atoms with Crippen LogP contribution in [0.25, 0.3) is 6.08 Å². The monoisotopic (exact) mass is 299 g/mol. The molecule has 1 aliphatic heterocycles. The topological polar surface area (TPSA) is 27.0 Å². The molecule has 3 rings (SSSR count). The Balaban J connectivity index is 2.07. The van der Waals surface area contributed by atoms with Gasteiger partial charge in [-0.2, -0.15) is 25.7 Å². The molecule has 1 heterocycles. The SMILES string of the molecule is C[B-](C)(C)CN1B(c2ccccc2)C=Cc2cc(C#N)ccc21. The maximum absolute atomic E-state index is 9.14. The van der Waals surface area contributed by atoms with E-state index >= 15 is 0 Å². The minimum Gasteiger partial charge on any atom is -0.441 e. The lowest BCUT2D eigenvalue weighted by molar-refractivity contribution is 1.19. The second-order valence-corrected chi connectivity index (χ2v) is 7.71. The van der Waals surface area contributed by atoms with Crippen LogP contribution >= 0.6 is 0 Å². The quantitative estimate of drug-likeness (QED) is 0.808. The number of benzene rings is 2. The molecule has 0 amide bonds. The molecule has 2 nitrogen and oxygen atoms in total. The summed E-state index contributed by atoms with van der Waals surface area (Å²) < 4.78 is 0. The highest BCUT2D eigenvalue weighted by Crippen LogP contribution is 2.29. The molecule has 0 spiro atoms. The molecule has 1 aliphatic rings. The van der Waals surface area contributed by atoms with E-state index < -0.39 is 6.15 Å². The Morgan fingerprint density at radius 2 is 1.83 bits per heavy atom. The van der Waals surface area contributed by atoms with Gasteiger partial charge in [0.25, 0.3) is 0 Å². The predicted octanol–water partition coefficient (Wildman–Crippen LogP) is 3.71. The van der Waals surface area contributed by atoms with Crippen molar-refractivity contribution in [2.45, 2.75) is 20.5 Å². The summed E-state index contributed by atoms with van der Waals surface area (Å²) in [4.78, 5) is 2.48. The number of anilines is 1. The van der Waals surface area contributed by atoms with Gasteiger partial charge in [-0.15, -0.1) is 6.44 Å². The van der Waals surface area contributed by atoms with E-state index in [-0.39, 0.29) is 6.85 Å². The molecule has 2 aromatic carbocycles. The van der Waals surface area contributed by atoms with Gasteiger partial charge in [0.15, 0.2) is 0 Å². The standard InChI is InChI=1S/C19H21B2N2/c1-21(2,3)15-23-19-10-9-16(14-22)13-17(19)11-12-20(23)18-7-5-4-6-8-18/h4-13H,15H2,1-3H3/q-1. The highest BCUT2D eigenvalue weighted by atomic mass is 15.1. The lowest BCUT2D eigenvalue weighted by atomic mass is 9.29. The van der Waals surface area contributed by atoms with Crippen LogP contribution in [0, 0.1) is 11.3 Å². The maximum atomic E-state index is 9.14. The van der Waals surface area contributed by atoms with Crippen LogP contribution in [-0.2, 0) is 0 Å². The molecule has 114 valence electrons. The van der Waals surface area contributed by atoms with Crippen molar-refractivity contribution >= 4 is 30.2 Å². The van der Waals surface area contributed by atoms with Crippen molar-refractivity contribution in [1.29, 1.82) is 5.26 Å². The number of fused-ring (bicyclic) bond motifs is 1. The van der Waals surface area contributed by atoms with Crippen LogP contribution < -0.4 is 10.3 Å². The summed E-state index contributed by atoms with van der Waals surface area (Å²) in [5.74, 6) is 2.25. The van der Waals surface area contributed by atoms with Crippen LogP contribution in [0.3, 0.4) is 0 Å². The summed E-state index contributed by atoms with van der Waals surface area (Å²) in [6.07, 6.45) is 2.69. The van der Waals surface area contributed by atoms with E-state index in [4.69, 9.17) is 5.26 Å². The van der Waals surface area contributed by atoms with Crippen LogP contribution in [0.4, 0.5) is 5.69 Å². The van der Waals surface area contributed by atoms with E-state index in [2.05, 4.69) is 79.8 Å². The van der Waals surface area contributed by atoms with Crippen LogP contribution in [0.15, 0.2) is 54.5 Å². The Bertz CT molecular complexity index is 770. The molecule has 0 aromatic heterocycles. The lowest BCUT2D eigenvalue weighted by Gasteiger charge is -2.42. The van der Waals surface area contributed by atoms with Gasteiger partial charge in [-0.05, 0) is 23.8 Å². The molecular formula is C19H21B2N2-. The van der Waals surface area contributed by atoms with Crippen molar-refractivity contribution in [2.24, 2.45) is 0 Å². The van der Waals surface area contributed by atoms with Gasteiger partial charge in [-0.1, -0.05) is 47.8 Å². The molecule has 0 bridgehead atoms. The minimum atomic E-state index is -0.476. The summed E-state index contributed by atoms with van der Waals surface area (Å²) in [6.45, 7) is 7.22. The van der Waals surface area contributed by atoms with E-state index in [1.54, 1.807) is 0 Å². The normalized spacial score (nSPS) is 13.7. The first-order valence-electron chi connectivity index (χ1n) is 8.30. The van der Waals surface area contributed by atoms with Crippen molar-refractivity contribution in [3.05, 3.63) is 65.6 Å². The predicted molar refractivity (Wildman–Crippen MR) is 103 cm³/mol. The van der Waals surface area contributed by atoms with Crippen LogP contribution in [0.1, 0.15) is 11.1 Å². The van der Waals surface area contributed by atoms with E-state index in [1.807, 2.05) is 12.1 Å². The van der Waals surface area contributed by atoms with Crippen LogP contribution in [0.5, 0.6) is 0 Å². The second-order valence-electron chi connectivity index (χ2n) is 7.71. The van der Waals surface area contributed by atoms with E-state index in [0.717, 1.165) is 12.0 Å². The average Bonchev–Trinajstić information content (AvgIpc) is 2.54. The fourth-order valence-electron chi connectivity index (χ4n) is 3.21. The molecule has 0 radical (unpaired) electrons. The number of nitrogens with zero attached hydrogens (tertiary/aromatic N) is 2. The van der Waals surface area contributed by atoms with Crippen molar-refractivity contribution in [2.75, 3.05) is 11.3 Å². The molecule has 4 heteroatoms. The summed E-state index contributed by atoms with van der Waals surface area (Å²) in [5.41, 5.74) is 4.38. The van der Waals surface area contributed by atoms with Crippen molar-refractivity contribution in [1.82, 2.24) is 0 Å². The van der Waals surface area contributed by atoms with Crippen molar-refractivity contribution < 1.29 is 0 Å². The number of nitriles is 1. The fourth-order valence-corrected chi connectivity index (χ4v) is 3.21. The van der Waals surface area contributed by atoms with E-state index in [0.29, 0.717) is 5.56 Å². The van der Waals surface area contributed by atoms with Gasteiger partial charge in [-0.25, -0.2) is 0 Å². The van der Waals surface area contributed by atoms with Crippen molar-refractivity contribution in [3.63, 3.8) is 0 Å². The number of rotatable bonds is 3. The van der Waals surface area contributed by atoms with Gasteiger partial charge < -0.3 is 4.81 Å². The van der Waals surface area contributed by atoms with Gasteiger partial charge in [0.2, 0.25) is 0 Å². The summed E-state index contributed by atoms with van der Waals surface area (Å²) >= 11 is 0. The van der Waals surface area contributed by atoms with E-state index in [9.17, 15) is 0 Å². The minimum absolute atomic E-state index is 0.248. The van der Waals surface area contributed by atoms with Crippen LogP contribution in [-0.4, -0.2) is 19.4 Å². The summed E-state index contributed by atoms with van der Waals surface area (Å²) in [7, 11) is 0. The molecule has 2 aromatic rings. The zero-order chi connectivity index (χ0) is 16.4. The Morgan fingerprint density at radius 3 is 2.48 bits per heavy atom. The largest absolute Gasteiger partial charge is 0.441 e. The first-order chi connectivity index (χ1) is 11.0. The van der Waals surface area contributed by atoms with E-state index in [1.165, 1.54) is 11.2 Å². The second kappa shape index (κ2) is 6.01.